The fourth-order valence-corrected chi connectivity index (χ4v) is 4.09. The molecule has 1 amide bonds. The van der Waals surface area contributed by atoms with Gasteiger partial charge in [-0.15, -0.1) is 0 Å². The Labute approximate surface area is 188 Å². The van der Waals surface area contributed by atoms with E-state index in [1.165, 1.54) is 5.69 Å². The van der Waals surface area contributed by atoms with Crippen molar-refractivity contribution in [1.29, 1.82) is 0 Å². The maximum absolute atomic E-state index is 13.0. The van der Waals surface area contributed by atoms with Gasteiger partial charge < -0.3 is 24.6 Å². The van der Waals surface area contributed by atoms with Gasteiger partial charge in [0.1, 0.15) is 11.6 Å². The average molecular weight is 435 g/mol. The molecule has 0 radical (unpaired) electrons. The molecule has 1 aromatic heterocycles. The van der Waals surface area contributed by atoms with Crippen LogP contribution in [0.3, 0.4) is 0 Å². The summed E-state index contributed by atoms with van der Waals surface area (Å²) in [5, 5.41) is 3.89. The minimum atomic E-state index is -0.105. The second kappa shape index (κ2) is 9.87. The van der Waals surface area contributed by atoms with Crippen LogP contribution in [-0.4, -0.2) is 63.9 Å². The predicted octanol–water partition coefficient (Wildman–Crippen LogP) is 3.33. The van der Waals surface area contributed by atoms with Gasteiger partial charge in [0.2, 0.25) is 0 Å². The molecule has 1 aliphatic heterocycles. The molecule has 0 unspecified atom stereocenters. The number of fused-ring (bicyclic) bond motifs is 1. The van der Waals surface area contributed by atoms with E-state index in [0.29, 0.717) is 12.2 Å². The van der Waals surface area contributed by atoms with Gasteiger partial charge in [-0.25, -0.2) is 4.98 Å². The SMILES string of the molecule is COC[C@@H](C)NC(=O)c1cc(N2CCN(c3ccc(OC)cc3)CC2)nc2ccccc12. The number of benzene rings is 2. The number of rotatable bonds is 7. The van der Waals surface area contributed by atoms with E-state index in [1.54, 1.807) is 14.2 Å². The molecule has 0 aliphatic carbocycles. The zero-order chi connectivity index (χ0) is 22.5. The Kier molecular flexibility index (Phi) is 6.75. The number of nitrogens with zero attached hydrogens (tertiary/aromatic N) is 3. The lowest BCUT2D eigenvalue weighted by atomic mass is 10.1. The summed E-state index contributed by atoms with van der Waals surface area (Å²) in [6, 6.07) is 17.8. The standard InChI is InChI=1S/C25H30N4O3/c1-18(17-31-2)26-25(30)22-16-24(27-23-7-5-4-6-21(22)23)29-14-12-28(13-15-29)19-8-10-20(32-3)11-9-19/h4-11,16,18H,12-15,17H2,1-3H3,(H,26,30)/t18-/m1/s1. The van der Waals surface area contributed by atoms with Crippen LogP contribution in [0, 0.1) is 0 Å². The van der Waals surface area contributed by atoms with Gasteiger partial charge in [-0.05, 0) is 43.3 Å². The van der Waals surface area contributed by atoms with E-state index in [0.717, 1.165) is 48.6 Å². The smallest absolute Gasteiger partial charge is 0.252 e. The predicted molar refractivity (Wildman–Crippen MR) is 128 cm³/mol. The second-order valence-electron chi connectivity index (χ2n) is 8.05. The molecular formula is C25H30N4O3. The summed E-state index contributed by atoms with van der Waals surface area (Å²) in [6.45, 7) is 5.83. The van der Waals surface area contributed by atoms with Crippen molar-refractivity contribution >= 4 is 28.3 Å². The van der Waals surface area contributed by atoms with Crippen LogP contribution in [0.5, 0.6) is 5.75 Å². The van der Waals surface area contributed by atoms with Crippen LogP contribution >= 0.6 is 0 Å². The largest absolute Gasteiger partial charge is 0.497 e. The molecule has 7 heteroatoms. The number of hydrogen-bond acceptors (Lipinski definition) is 6. The molecule has 7 nitrogen and oxygen atoms in total. The van der Waals surface area contributed by atoms with Crippen molar-refractivity contribution in [3.8, 4) is 5.75 Å². The first-order valence-electron chi connectivity index (χ1n) is 10.9. The fourth-order valence-electron chi connectivity index (χ4n) is 4.09. The van der Waals surface area contributed by atoms with E-state index in [9.17, 15) is 4.79 Å². The van der Waals surface area contributed by atoms with Crippen LogP contribution in [0.4, 0.5) is 11.5 Å². The maximum atomic E-state index is 13.0. The normalized spacial score (nSPS) is 15.0. The van der Waals surface area contributed by atoms with E-state index in [-0.39, 0.29) is 11.9 Å². The van der Waals surface area contributed by atoms with Gasteiger partial charge in [0, 0.05) is 50.4 Å². The Hall–Kier alpha value is -3.32. The number of carbonyl (C=O) groups is 1. The Balaban J connectivity index is 1.53. The van der Waals surface area contributed by atoms with Crippen LogP contribution < -0.4 is 19.9 Å². The van der Waals surface area contributed by atoms with E-state index in [2.05, 4.69) is 27.2 Å². The molecule has 2 aromatic carbocycles. The maximum Gasteiger partial charge on any atom is 0.252 e. The third kappa shape index (κ3) is 4.78. The van der Waals surface area contributed by atoms with E-state index in [4.69, 9.17) is 14.5 Å². The number of carbonyl (C=O) groups excluding carboxylic acids is 1. The highest BCUT2D eigenvalue weighted by atomic mass is 16.5. The van der Waals surface area contributed by atoms with Gasteiger partial charge in [0.15, 0.2) is 0 Å². The minimum absolute atomic E-state index is 0.0732. The van der Waals surface area contributed by atoms with Crippen molar-refractivity contribution in [2.45, 2.75) is 13.0 Å². The number of hydrogen-bond donors (Lipinski definition) is 1. The fraction of sp³-hybridized carbons (Fsp3) is 0.360. The molecule has 1 fully saturated rings. The number of para-hydroxylation sites is 1. The summed E-state index contributed by atoms with van der Waals surface area (Å²) in [5.74, 6) is 1.59. The molecular weight excluding hydrogens is 404 g/mol. The topological polar surface area (TPSA) is 66.9 Å². The van der Waals surface area contributed by atoms with Crippen LogP contribution in [0.15, 0.2) is 54.6 Å². The van der Waals surface area contributed by atoms with Crippen molar-refractivity contribution in [1.82, 2.24) is 10.3 Å². The number of amides is 1. The molecule has 1 N–H and O–H groups in total. The Bertz CT molecular complexity index is 1060. The number of ether oxygens (including phenoxy) is 2. The Morgan fingerprint density at radius 1 is 1.03 bits per heavy atom. The first kappa shape index (κ1) is 21.9. The van der Waals surface area contributed by atoms with Crippen molar-refractivity contribution in [3.63, 3.8) is 0 Å². The summed E-state index contributed by atoms with van der Waals surface area (Å²) >= 11 is 0. The van der Waals surface area contributed by atoms with Gasteiger partial charge in [-0.2, -0.15) is 0 Å². The molecule has 2 heterocycles. The number of nitrogens with one attached hydrogen (secondary N) is 1. The van der Waals surface area contributed by atoms with E-state index >= 15 is 0 Å². The highest BCUT2D eigenvalue weighted by Crippen LogP contribution is 2.26. The van der Waals surface area contributed by atoms with E-state index in [1.807, 2.05) is 49.4 Å². The molecule has 3 aromatic rings. The highest BCUT2D eigenvalue weighted by molar-refractivity contribution is 6.07. The molecule has 0 saturated carbocycles. The molecule has 0 bridgehead atoms. The second-order valence-corrected chi connectivity index (χ2v) is 8.05. The van der Waals surface area contributed by atoms with E-state index < -0.39 is 0 Å². The van der Waals surface area contributed by atoms with Crippen molar-refractivity contribution in [3.05, 3.63) is 60.2 Å². The van der Waals surface area contributed by atoms with Crippen LogP contribution in [0.2, 0.25) is 0 Å². The summed E-state index contributed by atoms with van der Waals surface area (Å²) < 4.78 is 10.4. The molecule has 0 spiro atoms. The monoisotopic (exact) mass is 434 g/mol. The number of pyridine rings is 1. The third-order valence-electron chi connectivity index (χ3n) is 5.78. The number of methoxy groups -OCH3 is 2. The molecule has 168 valence electrons. The highest BCUT2D eigenvalue weighted by Gasteiger charge is 2.21. The van der Waals surface area contributed by atoms with Gasteiger partial charge in [0.05, 0.1) is 24.8 Å². The van der Waals surface area contributed by atoms with Crippen molar-refractivity contribution in [2.24, 2.45) is 0 Å². The first-order chi connectivity index (χ1) is 15.6. The molecule has 1 aliphatic rings. The lowest BCUT2D eigenvalue weighted by molar-refractivity contribution is 0.0907. The van der Waals surface area contributed by atoms with Crippen LogP contribution in [-0.2, 0) is 4.74 Å². The number of aromatic nitrogens is 1. The minimum Gasteiger partial charge on any atom is -0.497 e. The van der Waals surface area contributed by atoms with Gasteiger partial charge in [0.25, 0.3) is 5.91 Å². The van der Waals surface area contributed by atoms with Crippen LogP contribution in [0.25, 0.3) is 10.9 Å². The van der Waals surface area contributed by atoms with Crippen molar-refractivity contribution in [2.75, 3.05) is 56.8 Å². The average Bonchev–Trinajstić information content (AvgIpc) is 2.83. The zero-order valence-electron chi connectivity index (χ0n) is 18.9. The van der Waals surface area contributed by atoms with Gasteiger partial charge in [-0.1, -0.05) is 18.2 Å². The summed E-state index contributed by atoms with van der Waals surface area (Å²) in [6.07, 6.45) is 0. The first-order valence-corrected chi connectivity index (χ1v) is 10.9. The molecule has 32 heavy (non-hydrogen) atoms. The van der Waals surface area contributed by atoms with Gasteiger partial charge in [-0.3, -0.25) is 4.79 Å². The van der Waals surface area contributed by atoms with Crippen LogP contribution in [0.1, 0.15) is 17.3 Å². The number of piperazine rings is 1. The number of anilines is 2. The molecule has 1 saturated heterocycles. The Morgan fingerprint density at radius 2 is 1.72 bits per heavy atom. The molecule has 4 rings (SSSR count). The third-order valence-corrected chi connectivity index (χ3v) is 5.78. The summed E-state index contributed by atoms with van der Waals surface area (Å²) in [4.78, 5) is 22.5. The summed E-state index contributed by atoms with van der Waals surface area (Å²) in [7, 11) is 3.31. The Morgan fingerprint density at radius 3 is 2.41 bits per heavy atom. The quantitative estimate of drug-likeness (QED) is 0.615. The zero-order valence-corrected chi connectivity index (χ0v) is 18.9. The van der Waals surface area contributed by atoms with Gasteiger partial charge >= 0.3 is 0 Å². The lowest BCUT2D eigenvalue weighted by Crippen LogP contribution is -2.47. The lowest BCUT2D eigenvalue weighted by Gasteiger charge is -2.37. The molecule has 1 atom stereocenters. The van der Waals surface area contributed by atoms with Crippen molar-refractivity contribution < 1.29 is 14.3 Å². The summed E-state index contributed by atoms with van der Waals surface area (Å²) in [5.41, 5.74) is 2.65.